The lowest BCUT2D eigenvalue weighted by Crippen LogP contribution is -2.41. The van der Waals surface area contributed by atoms with Crippen molar-refractivity contribution in [2.24, 2.45) is 11.8 Å². The van der Waals surface area contributed by atoms with Gasteiger partial charge in [-0.25, -0.2) is 4.79 Å². The summed E-state index contributed by atoms with van der Waals surface area (Å²) in [6.07, 6.45) is 8.53. The summed E-state index contributed by atoms with van der Waals surface area (Å²) < 4.78 is 5.33. The van der Waals surface area contributed by atoms with E-state index in [0.29, 0.717) is 6.04 Å². The highest BCUT2D eigenvalue weighted by atomic mass is 16.6. The van der Waals surface area contributed by atoms with Crippen LogP contribution in [0.4, 0.5) is 4.79 Å². The number of hydrogen-bond donors (Lipinski definition) is 2. The summed E-state index contributed by atoms with van der Waals surface area (Å²) in [5, 5.41) is 6.53. The van der Waals surface area contributed by atoms with Gasteiger partial charge in [0.2, 0.25) is 0 Å². The Hall–Kier alpha value is -0.770. The molecule has 21 heavy (non-hydrogen) atoms. The van der Waals surface area contributed by atoms with Crippen LogP contribution in [0.5, 0.6) is 0 Å². The van der Waals surface area contributed by atoms with Gasteiger partial charge in [-0.1, -0.05) is 0 Å². The zero-order valence-corrected chi connectivity index (χ0v) is 13.9. The molecule has 4 heteroatoms. The van der Waals surface area contributed by atoms with Gasteiger partial charge in [0, 0.05) is 6.04 Å². The summed E-state index contributed by atoms with van der Waals surface area (Å²) in [7, 11) is 0. The summed E-state index contributed by atoms with van der Waals surface area (Å²) in [4.78, 5) is 11.8. The summed E-state index contributed by atoms with van der Waals surface area (Å²) in [6, 6.07) is 0.306. The van der Waals surface area contributed by atoms with Crippen molar-refractivity contribution in [2.45, 2.75) is 77.4 Å². The van der Waals surface area contributed by atoms with E-state index in [1.165, 1.54) is 45.2 Å². The summed E-state index contributed by atoms with van der Waals surface area (Å²) in [5.74, 6) is 1.73. The molecule has 2 N–H and O–H groups in total. The van der Waals surface area contributed by atoms with Gasteiger partial charge in [0.05, 0.1) is 0 Å². The first-order valence-corrected chi connectivity index (χ1v) is 8.62. The van der Waals surface area contributed by atoms with E-state index in [-0.39, 0.29) is 6.09 Å². The predicted octanol–water partition coefficient (Wildman–Crippen LogP) is 3.46. The minimum Gasteiger partial charge on any atom is -0.444 e. The van der Waals surface area contributed by atoms with Crippen molar-refractivity contribution < 1.29 is 9.53 Å². The Morgan fingerprint density at radius 2 is 1.86 bits per heavy atom. The number of nitrogens with one attached hydrogen (secondary N) is 2. The molecule has 122 valence electrons. The third kappa shape index (κ3) is 6.25. The van der Waals surface area contributed by atoms with E-state index in [1.54, 1.807) is 0 Å². The second kappa shape index (κ2) is 7.48. The number of alkyl carbamates (subject to hydrolysis) is 1. The molecule has 1 unspecified atom stereocenters. The van der Waals surface area contributed by atoms with E-state index >= 15 is 0 Å². The highest BCUT2D eigenvalue weighted by Crippen LogP contribution is 2.31. The number of amides is 1. The average molecular weight is 296 g/mol. The molecule has 1 aliphatic heterocycles. The summed E-state index contributed by atoms with van der Waals surface area (Å²) in [6.45, 7) is 8.12. The fourth-order valence-electron chi connectivity index (χ4n) is 3.61. The van der Waals surface area contributed by atoms with Crippen LogP contribution >= 0.6 is 0 Å². The van der Waals surface area contributed by atoms with Gasteiger partial charge in [-0.3, -0.25) is 0 Å². The second-order valence-electron chi connectivity index (χ2n) is 7.81. The Morgan fingerprint density at radius 1 is 1.14 bits per heavy atom. The van der Waals surface area contributed by atoms with Crippen LogP contribution in [0.1, 0.15) is 65.7 Å². The topological polar surface area (TPSA) is 50.4 Å². The van der Waals surface area contributed by atoms with Crippen molar-refractivity contribution >= 4 is 6.09 Å². The summed E-state index contributed by atoms with van der Waals surface area (Å²) >= 11 is 0. The van der Waals surface area contributed by atoms with E-state index in [9.17, 15) is 4.79 Å². The fourth-order valence-corrected chi connectivity index (χ4v) is 3.61. The Morgan fingerprint density at radius 3 is 2.43 bits per heavy atom. The summed E-state index contributed by atoms with van der Waals surface area (Å²) in [5.41, 5.74) is -0.407. The molecule has 0 aromatic carbocycles. The number of hydrogen-bond acceptors (Lipinski definition) is 3. The van der Waals surface area contributed by atoms with E-state index in [4.69, 9.17) is 4.74 Å². The number of carbonyl (C=O) groups excluding carboxylic acids is 1. The average Bonchev–Trinajstić information content (AvgIpc) is 2.40. The third-order valence-electron chi connectivity index (χ3n) is 4.63. The first-order valence-electron chi connectivity index (χ1n) is 8.62. The molecule has 1 amide bonds. The van der Waals surface area contributed by atoms with Gasteiger partial charge < -0.3 is 15.4 Å². The molecule has 2 fully saturated rings. The Kier molecular flexibility index (Phi) is 5.91. The lowest BCUT2D eigenvalue weighted by Gasteiger charge is -2.33. The Balaban J connectivity index is 1.64. The van der Waals surface area contributed by atoms with Crippen LogP contribution in [-0.2, 0) is 4.74 Å². The quantitative estimate of drug-likeness (QED) is 0.838. The van der Waals surface area contributed by atoms with Gasteiger partial charge in [-0.15, -0.1) is 0 Å². The van der Waals surface area contributed by atoms with Gasteiger partial charge in [0.25, 0.3) is 0 Å². The molecule has 4 nitrogen and oxygen atoms in total. The van der Waals surface area contributed by atoms with Crippen LogP contribution in [0.3, 0.4) is 0 Å². The Bertz CT molecular complexity index is 324. The molecular weight excluding hydrogens is 264 g/mol. The van der Waals surface area contributed by atoms with E-state index in [0.717, 1.165) is 24.7 Å². The monoisotopic (exact) mass is 296 g/mol. The molecule has 0 aromatic heterocycles. The normalized spacial score (nSPS) is 30.7. The SMILES string of the molecule is CC(C)(C)OC(=O)NC1CCC(CC2CCCNC2)CC1. The standard InChI is InChI=1S/C17H32N2O2/c1-17(2,3)21-16(20)19-15-8-6-13(7-9-15)11-14-5-4-10-18-12-14/h13-15,18H,4-12H2,1-3H3,(H,19,20). The highest BCUT2D eigenvalue weighted by Gasteiger charge is 2.26. The van der Waals surface area contributed by atoms with E-state index < -0.39 is 5.60 Å². The highest BCUT2D eigenvalue weighted by molar-refractivity contribution is 5.68. The second-order valence-corrected chi connectivity index (χ2v) is 7.81. The van der Waals surface area contributed by atoms with Crippen molar-refractivity contribution in [3.8, 4) is 0 Å². The number of piperidine rings is 1. The van der Waals surface area contributed by atoms with Crippen molar-refractivity contribution in [3.05, 3.63) is 0 Å². The molecule has 2 rings (SSSR count). The van der Waals surface area contributed by atoms with Gasteiger partial charge in [-0.05, 0) is 90.6 Å². The lowest BCUT2D eigenvalue weighted by molar-refractivity contribution is 0.0485. The van der Waals surface area contributed by atoms with E-state index in [1.807, 2.05) is 20.8 Å². The van der Waals surface area contributed by atoms with E-state index in [2.05, 4.69) is 10.6 Å². The first kappa shape index (κ1) is 16.6. The van der Waals surface area contributed by atoms with Crippen LogP contribution < -0.4 is 10.6 Å². The van der Waals surface area contributed by atoms with Gasteiger partial charge in [-0.2, -0.15) is 0 Å². The fraction of sp³-hybridized carbons (Fsp3) is 0.941. The molecular formula is C17H32N2O2. The van der Waals surface area contributed by atoms with Gasteiger partial charge in [0.1, 0.15) is 5.60 Å². The minimum absolute atomic E-state index is 0.262. The Labute approximate surface area is 129 Å². The molecule has 1 heterocycles. The van der Waals surface area contributed by atoms with Crippen molar-refractivity contribution in [2.75, 3.05) is 13.1 Å². The zero-order valence-electron chi connectivity index (χ0n) is 13.9. The maximum Gasteiger partial charge on any atom is 0.407 e. The number of carbonyl (C=O) groups is 1. The molecule has 0 aromatic rings. The van der Waals surface area contributed by atoms with Crippen molar-refractivity contribution in [3.63, 3.8) is 0 Å². The van der Waals surface area contributed by atoms with Crippen LogP contribution in [-0.4, -0.2) is 30.8 Å². The maximum atomic E-state index is 11.8. The smallest absolute Gasteiger partial charge is 0.407 e. The number of rotatable bonds is 3. The van der Waals surface area contributed by atoms with Crippen molar-refractivity contribution in [1.82, 2.24) is 10.6 Å². The van der Waals surface area contributed by atoms with Crippen LogP contribution in [0.15, 0.2) is 0 Å². The molecule has 1 saturated heterocycles. The van der Waals surface area contributed by atoms with Crippen LogP contribution in [0, 0.1) is 11.8 Å². The van der Waals surface area contributed by atoms with Crippen LogP contribution in [0.25, 0.3) is 0 Å². The minimum atomic E-state index is -0.407. The molecule has 1 saturated carbocycles. The maximum absolute atomic E-state index is 11.8. The molecule has 2 aliphatic rings. The largest absolute Gasteiger partial charge is 0.444 e. The first-order chi connectivity index (χ1) is 9.92. The number of ether oxygens (including phenoxy) is 1. The predicted molar refractivity (Wildman–Crippen MR) is 85.3 cm³/mol. The molecule has 1 aliphatic carbocycles. The van der Waals surface area contributed by atoms with Gasteiger partial charge in [0.15, 0.2) is 0 Å². The van der Waals surface area contributed by atoms with Crippen LogP contribution in [0.2, 0.25) is 0 Å². The lowest BCUT2D eigenvalue weighted by atomic mass is 9.79. The molecule has 0 spiro atoms. The molecule has 1 atom stereocenters. The van der Waals surface area contributed by atoms with Crippen molar-refractivity contribution in [1.29, 1.82) is 0 Å². The molecule has 0 radical (unpaired) electrons. The van der Waals surface area contributed by atoms with Gasteiger partial charge >= 0.3 is 6.09 Å². The molecule has 0 bridgehead atoms. The zero-order chi connectivity index (χ0) is 15.3. The third-order valence-corrected chi connectivity index (χ3v) is 4.63.